The molecule has 2 atom stereocenters. The summed E-state index contributed by atoms with van der Waals surface area (Å²) in [6, 6.07) is 4.95. The first-order valence-electron chi connectivity index (χ1n) is 6.57. The smallest absolute Gasteiger partial charge is 0.120 e. The van der Waals surface area contributed by atoms with E-state index in [1.165, 1.54) is 32.1 Å². The molecular weight excluding hydrogens is 198 g/mol. The van der Waals surface area contributed by atoms with Crippen molar-refractivity contribution in [1.82, 2.24) is 5.32 Å². The number of unbranched alkanes of at least 4 members (excludes halogenated alkanes) is 1. The highest BCUT2D eigenvalue weighted by molar-refractivity contribution is 5.03. The minimum absolute atomic E-state index is 0.323. The molecule has 2 nitrogen and oxygen atoms in total. The lowest BCUT2D eigenvalue weighted by Gasteiger charge is -2.21. The highest BCUT2D eigenvalue weighted by Gasteiger charge is 2.13. The molecule has 0 fully saturated rings. The van der Waals surface area contributed by atoms with Crippen LogP contribution in [0, 0.1) is 0 Å². The van der Waals surface area contributed by atoms with Crippen molar-refractivity contribution in [2.45, 2.75) is 65.0 Å². The van der Waals surface area contributed by atoms with E-state index >= 15 is 0 Å². The molecule has 0 saturated carbocycles. The van der Waals surface area contributed by atoms with Crippen LogP contribution in [0.2, 0.25) is 0 Å². The first kappa shape index (κ1) is 13.3. The molecule has 0 amide bonds. The molecular formula is C14H25NO. The molecule has 0 aliphatic rings. The summed E-state index contributed by atoms with van der Waals surface area (Å²) in [4.78, 5) is 0. The van der Waals surface area contributed by atoms with E-state index in [0.717, 1.165) is 5.76 Å². The molecule has 0 radical (unpaired) electrons. The molecule has 0 aliphatic heterocycles. The molecule has 2 heteroatoms. The highest BCUT2D eigenvalue weighted by atomic mass is 16.3. The molecule has 92 valence electrons. The van der Waals surface area contributed by atoms with Crippen molar-refractivity contribution >= 4 is 0 Å². The van der Waals surface area contributed by atoms with Crippen LogP contribution in [-0.2, 0) is 0 Å². The summed E-state index contributed by atoms with van der Waals surface area (Å²) in [5.41, 5.74) is 0. The standard InChI is InChI=1S/C14H25NO/c1-4-6-9-13(8-5-2)15-12(3)14-10-7-11-16-14/h7,10-13,15H,4-6,8-9H2,1-3H3. The Labute approximate surface area is 99.4 Å². The highest BCUT2D eigenvalue weighted by Crippen LogP contribution is 2.16. The lowest BCUT2D eigenvalue weighted by molar-refractivity contribution is 0.356. The summed E-state index contributed by atoms with van der Waals surface area (Å²) in [7, 11) is 0. The quantitative estimate of drug-likeness (QED) is 0.711. The van der Waals surface area contributed by atoms with Crippen molar-refractivity contribution in [2.24, 2.45) is 0 Å². The maximum atomic E-state index is 5.42. The Morgan fingerprint density at radius 3 is 2.62 bits per heavy atom. The van der Waals surface area contributed by atoms with E-state index in [2.05, 4.69) is 26.1 Å². The number of rotatable bonds is 8. The van der Waals surface area contributed by atoms with Gasteiger partial charge in [-0.15, -0.1) is 0 Å². The second kappa shape index (κ2) is 7.50. The van der Waals surface area contributed by atoms with Crippen LogP contribution in [0.1, 0.15) is 64.7 Å². The van der Waals surface area contributed by atoms with Crippen LogP contribution >= 0.6 is 0 Å². The van der Waals surface area contributed by atoms with Gasteiger partial charge in [0.25, 0.3) is 0 Å². The molecule has 16 heavy (non-hydrogen) atoms. The largest absolute Gasteiger partial charge is 0.468 e. The van der Waals surface area contributed by atoms with Crippen molar-refractivity contribution in [3.63, 3.8) is 0 Å². The molecule has 1 aromatic heterocycles. The van der Waals surface area contributed by atoms with Gasteiger partial charge in [0.1, 0.15) is 5.76 Å². The van der Waals surface area contributed by atoms with Crippen molar-refractivity contribution in [3.05, 3.63) is 24.2 Å². The molecule has 1 rings (SSSR count). The average molecular weight is 223 g/mol. The number of nitrogens with one attached hydrogen (secondary N) is 1. The lowest BCUT2D eigenvalue weighted by Crippen LogP contribution is -2.31. The van der Waals surface area contributed by atoms with Crippen LogP contribution in [0.15, 0.2) is 22.8 Å². The summed E-state index contributed by atoms with van der Waals surface area (Å²) in [5.74, 6) is 1.04. The Bertz CT molecular complexity index is 256. The fraction of sp³-hybridized carbons (Fsp3) is 0.714. The summed E-state index contributed by atoms with van der Waals surface area (Å²) in [6.45, 7) is 6.67. The maximum Gasteiger partial charge on any atom is 0.120 e. The van der Waals surface area contributed by atoms with Crippen LogP contribution < -0.4 is 5.32 Å². The molecule has 0 aliphatic carbocycles. The Kier molecular flexibility index (Phi) is 6.24. The van der Waals surface area contributed by atoms with E-state index in [9.17, 15) is 0 Å². The van der Waals surface area contributed by atoms with Crippen molar-refractivity contribution in [2.75, 3.05) is 0 Å². The summed E-state index contributed by atoms with van der Waals surface area (Å²) in [6.07, 6.45) is 8.10. The molecule has 0 aromatic carbocycles. The van der Waals surface area contributed by atoms with Gasteiger partial charge in [0, 0.05) is 6.04 Å². The predicted octanol–water partition coefficient (Wildman–Crippen LogP) is 4.29. The monoisotopic (exact) mass is 223 g/mol. The second-order valence-electron chi connectivity index (χ2n) is 4.53. The van der Waals surface area contributed by atoms with Crippen LogP contribution in [0.25, 0.3) is 0 Å². The van der Waals surface area contributed by atoms with Gasteiger partial charge in [0.2, 0.25) is 0 Å². The molecule has 0 bridgehead atoms. The zero-order chi connectivity index (χ0) is 11.8. The molecule has 0 spiro atoms. The van der Waals surface area contributed by atoms with Crippen LogP contribution in [0.3, 0.4) is 0 Å². The van der Waals surface area contributed by atoms with Gasteiger partial charge in [-0.3, -0.25) is 0 Å². The minimum atomic E-state index is 0.323. The van der Waals surface area contributed by atoms with Crippen LogP contribution in [0.5, 0.6) is 0 Å². The maximum absolute atomic E-state index is 5.42. The van der Waals surface area contributed by atoms with Gasteiger partial charge in [0.05, 0.1) is 12.3 Å². The van der Waals surface area contributed by atoms with E-state index in [0.29, 0.717) is 12.1 Å². The fourth-order valence-corrected chi connectivity index (χ4v) is 2.08. The zero-order valence-electron chi connectivity index (χ0n) is 10.8. The first-order valence-corrected chi connectivity index (χ1v) is 6.57. The Hall–Kier alpha value is -0.760. The average Bonchev–Trinajstić information content (AvgIpc) is 2.79. The van der Waals surface area contributed by atoms with Crippen molar-refractivity contribution in [3.8, 4) is 0 Å². The van der Waals surface area contributed by atoms with Gasteiger partial charge < -0.3 is 9.73 Å². The minimum Gasteiger partial charge on any atom is -0.468 e. The Morgan fingerprint density at radius 1 is 1.25 bits per heavy atom. The van der Waals surface area contributed by atoms with Gasteiger partial charge in [-0.2, -0.15) is 0 Å². The van der Waals surface area contributed by atoms with E-state index in [1.807, 2.05) is 12.1 Å². The van der Waals surface area contributed by atoms with E-state index < -0.39 is 0 Å². The zero-order valence-corrected chi connectivity index (χ0v) is 10.8. The van der Waals surface area contributed by atoms with Gasteiger partial charge >= 0.3 is 0 Å². The predicted molar refractivity (Wildman–Crippen MR) is 68.5 cm³/mol. The number of furan rings is 1. The molecule has 1 heterocycles. The van der Waals surface area contributed by atoms with Gasteiger partial charge in [-0.25, -0.2) is 0 Å². The SMILES string of the molecule is CCCCC(CCC)NC(C)c1ccco1. The topological polar surface area (TPSA) is 25.2 Å². The molecule has 2 unspecified atom stereocenters. The van der Waals surface area contributed by atoms with E-state index in [4.69, 9.17) is 4.42 Å². The third-order valence-corrected chi connectivity index (χ3v) is 3.00. The summed E-state index contributed by atoms with van der Waals surface area (Å²) >= 11 is 0. The van der Waals surface area contributed by atoms with Crippen LogP contribution in [-0.4, -0.2) is 6.04 Å². The fourth-order valence-electron chi connectivity index (χ4n) is 2.08. The van der Waals surface area contributed by atoms with Gasteiger partial charge in [-0.05, 0) is 31.9 Å². The van der Waals surface area contributed by atoms with Gasteiger partial charge in [-0.1, -0.05) is 33.1 Å². The Balaban J connectivity index is 2.40. The molecule has 1 aromatic rings. The van der Waals surface area contributed by atoms with Crippen molar-refractivity contribution in [1.29, 1.82) is 0 Å². The second-order valence-corrected chi connectivity index (χ2v) is 4.53. The van der Waals surface area contributed by atoms with Crippen molar-refractivity contribution < 1.29 is 4.42 Å². The van der Waals surface area contributed by atoms with E-state index in [1.54, 1.807) is 6.26 Å². The first-order chi connectivity index (χ1) is 7.77. The molecule has 0 saturated heterocycles. The number of hydrogen-bond acceptors (Lipinski definition) is 2. The Morgan fingerprint density at radius 2 is 2.06 bits per heavy atom. The lowest BCUT2D eigenvalue weighted by atomic mass is 10.0. The normalized spacial score (nSPS) is 14.9. The summed E-state index contributed by atoms with van der Waals surface area (Å²) in [5, 5.41) is 3.66. The summed E-state index contributed by atoms with van der Waals surface area (Å²) < 4.78 is 5.42. The molecule has 1 N–H and O–H groups in total. The van der Waals surface area contributed by atoms with Crippen LogP contribution in [0.4, 0.5) is 0 Å². The third kappa shape index (κ3) is 4.40. The number of hydrogen-bond donors (Lipinski definition) is 1. The van der Waals surface area contributed by atoms with Gasteiger partial charge in [0.15, 0.2) is 0 Å². The third-order valence-electron chi connectivity index (χ3n) is 3.00. The van der Waals surface area contributed by atoms with E-state index in [-0.39, 0.29) is 0 Å².